The molecule has 142 valence electrons. The van der Waals surface area contributed by atoms with Crippen LogP contribution in [0.25, 0.3) is 0 Å². The topological polar surface area (TPSA) is 55.4 Å². The van der Waals surface area contributed by atoms with Crippen LogP contribution < -0.4 is 5.32 Å². The van der Waals surface area contributed by atoms with Crippen molar-refractivity contribution in [3.8, 4) is 0 Å². The molecule has 1 atom stereocenters. The van der Waals surface area contributed by atoms with Crippen LogP contribution in [0.3, 0.4) is 0 Å². The number of carbonyl (C=O) groups excluding carboxylic acids is 2. The van der Waals surface area contributed by atoms with E-state index in [2.05, 4.69) is 17.4 Å². The van der Waals surface area contributed by atoms with Crippen molar-refractivity contribution >= 4 is 29.3 Å². The van der Waals surface area contributed by atoms with Crippen molar-refractivity contribution in [1.82, 2.24) is 0 Å². The monoisotopic (exact) mass is 391 g/mol. The lowest BCUT2D eigenvalue weighted by molar-refractivity contribution is -0.150. The first-order chi connectivity index (χ1) is 12.9. The largest absolute Gasteiger partial charge is 0.452 e. The number of nitrogens with one attached hydrogen (secondary N) is 1. The summed E-state index contributed by atoms with van der Waals surface area (Å²) in [6.07, 6.45) is 2.23. The second-order valence-corrected chi connectivity index (χ2v) is 7.37. The number of thioether (sulfide) groups is 1. The van der Waals surface area contributed by atoms with Crippen molar-refractivity contribution in [2.75, 3.05) is 11.1 Å². The number of hydrogen-bond donors (Lipinski definition) is 1. The minimum Gasteiger partial charge on any atom is -0.452 e. The highest BCUT2D eigenvalue weighted by molar-refractivity contribution is 8.00. The van der Waals surface area contributed by atoms with Crippen LogP contribution in [0.2, 0.25) is 0 Å². The van der Waals surface area contributed by atoms with Crippen molar-refractivity contribution in [2.45, 2.75) is 37.2 Å². The first-order valence-electron chi connectivity index (χ1n) is 8.62. The van der Waals surface area contributed by atoms with Crippen LogP contribution in [0.15, 0.2) is 41.3 Å². The van der Waals surface area contributed by atoms with Crippen LogP contribution in [0, 0.1) is 11.6 Å². The zero-order valence-electron chi connectivity index (χ0n) is 14.8. The van der Waals surface area contributed by atoms with Crippen molar-refractivity contribution in [2.24, 2.45) is 0 Å². The predicted molar refractivity (Wildman–Crippen MR) is 99.7 cm³/mol. The Morgan fingerprint density at radius 2 is 1.93 bits per heavy atom. The number of benzene rings is 2. The van der Waals surface area contributed by atoms with Gasteiger partial charge in [-0.3, -0.25) is 9.59 Å². The highest BCUT2D eigenvalue weighted by Gasteiger charge is 2.20. The molecule has 0 aliphatic heterocycles. The number of rotatable bonds is 6. The third-order valence-electron chi connectivity index (χ3n) is 4.29. The summed E-state index contributed by atoms with van der Waals surface area (Å²) in [6, 6.07) is 8.97. The molecule has 2 aromatic carbocycles. The van der Waals surface area contributed by atoms with Gasteiger partial charge in [0.15, 0.2) is 6.10 Å². The van der Waals surface area contributed by atoms with Crippen LogP contribution >= 0.6 is 11.8 Å². The molecule has 2 aromatic rings. The summed E-state index contributed by atoms with van der Waals surface area (Å²) < 4.78 is 31.6. The molecule has 0 saturated carbocycles. The van der Waals surface area contributed by atoms with E-state index in [-0.39, 0.29) is 11.4 Å². The predicted octanol–water partition coefficient (Wildman–Crippen LogP) is 4.12. The molecule has 0 bridgehead atoms. The minimum atomic E-state index is -1.09. The number of esters is 1. The maximum absolute atomic E-state index is 13.6. The van der Waals surface area contributed by atoms with Gasteiger partial charge in [-0.15, -0.1) is 11.8 Å². The molecule has 0 heterocycles. The molecule has 7 heteroatoms. The molecule has 0 saturated heterocycles. The number of carbonyl (C=O) groups is 2. The van der Waals surface area contributed by atoms with Crippen LogP contribution in [-0.2, 0) is 27.2 Å². The lowest BCUT2D eigenvalue weighted by Crippen LogP contribution is -2.30. The standard InChI is InChI=1S/C20H19F2NO3S/c1-12(20(25)23-18-8-6-15(21)10-17(18)22)26-19(24)11-27-16-7-5-13-3-2-4-14(13)9-16/h5-10,12H,2-4,11H2,1H3,(H,23,25)/t12-/m0/s1. The molecule has 27 heavy (non-hydrogen) atoms. The van der Waals surface area contributed by atoms with Gasteiger partial charge >= 0.3 is 5.97 Å². The molecule has 1 aliphatic carbocycles. The van der Waals surface area contributed by atoms with Crippen molar-refractivity contribution in [3.05, 3.63) is 59.2 Å². The fourth-order valence-corrected chi connectivity index (χ4v) is 3.63. The summed E-state index contributed by atoms with van der Waals surface area (Å²) in [6.45, 7) is 1.40. The average Bonchev–Trinajstić information content (AvgIpc) is 3.10. The van der Waals surface area contributed by atoms with Crippen molar-refractivity contribution in [1.29, 1.82) is 0 Å². The molecule has 0 aromatic heterocycles. The van der Waals surface area contributed by atoms with Gasteiger partial charge in [-0.05, 0) is 61.6 Å². The quantitative estimate of drug-likeness (QED) is 0.595. The highest BCUT2D eigenvalue weighted by Crippen LogP contribution is 2.27. The number of anilines is 1. The van der Waals surface area contributed by atoms with Gasteiger partial charge in [0.2, 0.25) is 0 Å². The lowest BCUT2D eigenvalue weighted by atomic mass is 10.1. The average molecular weight is 391 g/mol. The summed E-state index contributed by atoms with van der Waals surface area (Å²) in [5.41, 5.74) is 2.51. The Balaban J connectivity index is 1.48. The molecule has 1 amide bonds. The van der Waals surface area contributed by atoms with Crippen LogP contribution in [0.1, 0.15) is 24.5 Å². The Bertz CT molecular complexity index is 872. The molecule has 0 unspecified atom stereocenters. The summed E-state index contributed by atoms with van der Waals surface area (Å²) in [5, 5.41) is 2.28. The van der Waals surface area contributed by atoms with Gasteiger partial charge in [-0.1, -0.05) is 6.07 Å². The highest BCUT2D eigenvalue weighted by atomic mass is 32.2. The SMILES string of the molecule is C[C@H](OC(=O)CSc1ccc2c(c1)CCC2)C(=O)Nc1ccc(F)cc1F. The van der Waals surface area contributed by atoms with Gasteiger partial charge in [0, 0.05) is 11.0 Å². The number of amides is 1. The van der Waals surface area contributed by atoms with E-state index in [0.717, 1.165) is 36.3 Å². The molecule has 0 radical (unpaired) electrons. The Morgan fingerprint density at radius 3 is 2.70 bits per heavy atom. The number of halogens is 2. The van der Waals surface area contributed by atoms with Gasteiger partial charge in [0.25, 0.3) is 5.91 Å². The van der Waals surface area contributed by atoms with Gasteiger partial charge in [0.05, 0.1) is 11.4 Å². The fourth-order valence-electron chi connectivity index (χ4n) is 2.89. The van der Waals surface area contributed by atoms with E-state index in [4.69, 9.17) is 4.74 Å². The molecule has 3 rings (SSSR count). The van der Waals surface area contributed by atoms with Gasteiger partial charge in [0.1, 0.15) is 11.6 Å². The van der Waals surface area contributed by atoms with E-state index < -0.39 is 29.6 Å². The number of aryl methyl sites for hydroxylation is 2. The molecular formula is C20H19F2NO3S. The molecule has 0 spiro atoms. The first kappa shape index (κ1) is 19.4. The van der Waals surface area contributed by atoms with E-state index in [0.29, 0.717) is 6.07 Å². The summed E-state index contributed by atoms with van der Waals surface area (Å²) in [5.74, 6) is -2.79. The second kappa shape index (κ2) is 8.52. The Hall–Kier alpha value is -2.41. The Morgan fingerprint density at radius 1 is 1.15 bits per heavy atom. The number of hydrogen-bond acceptors (Lipinski definition) is 4. The van der Waals surface area contributed by atoms with Crippen LogP contribution in [0.4, 0.5) is 14.5 Å². The Kier molecular flexibility index (Phi) is 6.11. The number of ether oxygens (including phenoxy) is 1. The van der Waals surface area contributed by atoms with Gasteiger partial charge in [-0.25, -0.2) is 8.78 Å². The van der Waals surface area contributed by atoms with Crippen LogP contribution in [-0.4, -0.2) is 23.7 Å². The van der Waals surface area contributed by atoms with E-state index in [1.54, 1.807) is 0 Å². The fraction of sp³-hybridized carbons (Fsp3) is 0.300. The van der Waals surface area contributed by atoms with E-state index in [1.807, 2.05) is 6.07 Å². The molecule has 1 N–H and O–H groups in total. The first-order valence-corrected chi connectivity index (χ1v) is 9.61. The van der Waals surface area contributed by atoms with Gasteiger partial charge in [-0.2, -0.15) is 0 Å². The van der Waals surface area contributed by atoms with Gasteiger partial charge < -0.3 is 10.1 Å². The normalized spacial score (nSPS) is 13.7. The van der Waals surface area contributed by atoms with E-state index in [1.165, 1.54) is 29.8 Å². The van der Waals surface area contributed by atoms with Crippen molar-refractivity contribution < 1.29 is 23.1 Å². The lowest BCUT2D eigenvalue weighted by Gasteiger charge is -2.14. The maximum atomic E-state index is 13.6. The third-order valence-corrected chi connectivity index (χ3v) is 5.26. The zero-order chi connectivity index (χ0) is 19.4. The van der Waals surface area contributed by atoms with E-state index >= 15 is 0 Å². The molecule has 1 aliphatic rings. The smallest absolute Gasteiger partial charge is 0.317 e. The minimum absolute atomic E-state index is 0.0708. The van der Waals surface area contributed by atoms with E-state index in [9.17, 15) is 18.4 Å². The molecular weight excluding hydrogens is 372 g/mol. The summed E-state index contributed by atoms with van der Waals surface area (Å²) in [4.78, 5) is 25.0. The Labute approximate surface area is 160 Å². The van der Waals surface area contributed by atoms with Crippen LogP contribution in [0.5, 0.6) is 0 Å². The third kappa shape index (κ3) is 5.07. The molecule has 4 nitrogen and oxygen atoms in total. The van der Waals surface area contributed by atoms with Crippen molar-refractivity contribution in [3.63, 3.8) is 0 Å². The summed E-state index contributed by atoms with van der Waals surface area (Å²) in [7, 11) is 0. The molecule has 0 fully saturated rings. The zero-order valence-corrected chi connectivity index (χ0v) is 15.6. The number of fused-ring (bicyclic) bond motifs is 1. The summed E-state index contributed by atoms with van der Waals surface area (Å²) >= 11 is 1.35. The second-order valence-electron chi connectivity index (χ2n) is 6.32. The maximum Gasteiger partial charge on any atom is 0.317 e.